The summed E-state index contributed by atoms with van der Waals surface area (Å²) in [5, 5.41) is 11.2. The third-order valence-electron chi connectivity index (χ3n) is 2.69. The molecule has 0 aliphatic rings. The fraction of sp³-hybridized carbons (Fsp3) is 0.818. The molecule has 0 bridgehead atoms. The molecule has 1 heterocycles. The number of nitrogens with zero attached hydrogens (tertiary/aromatic N) is 3. The number of rotatable bonds is 7. The topological polar surface area (TPSA) is 42.7 Å². The molecule has 0 fully saturated rings. The molecule has 0 aromatic carbocycles. The lowest BCUT2D eigenvalue weighted by Crippen LogP contribution is -2.02. The molecule has 0 radical (unpaired) electrons. The maximum atomic E-state index is 4.15. The fourth-order valence-electron chi connectivity index (χ4n) is 1.68. The van der Waals surface area contributed by atoms with Gasteiger partial charge in [-0.25, -0.2) is 0 Å². The Morgan fingerprint density at radius 3 is 2.47 bits per heavy atom. The second kappa shape index (κ2) is 6.43. The molecule has 0 atom stereocenters. The Bertz CT molecular complexity index is 280. The lowest BCUT2D eigenvalue weighted by atomic mass is 10.1. The number of aromatic nitrogens is 3. The molecule has 86 valence electrons. The summed E-state index contributed by atoms with van der Waals surface area (Å²) in [7, 11) is 3.88. The zero-order valence-corrected chi connectivity index (χ0v) is 10.1. The molecule has 0 spiro atoms. The van der Waals surface area contributed by atoms with Crippen LogP contribution in [0.4, 0.5) is 5.95 Å². The van der Waals surface area contributed by atoms with Gasteiger partial charge in [0.05, 0.1) is 0 Å². The van der Waals surface area contributed by atoms with Crippen LogP contribution in [0.3, 0.4) is 0 Å². The van der Waals surface area contributed by atoms with Crippen molar-refractivity contribution in [2.75, 3.05) is 12.4 Å². The first-order chi connectivity index (χ1) is 7.29. The Kier molecular flexibility index (Phi) is 5.15. The average Bonchev–Trinajstić information content (AvgIpc) is 2.60. The maximum absolute atomic E-state index is 4.15. The number of hydrogen-bond acceptors (Lipinski definition) is 3. The molecule has 0 unspecified atom stereocenters. The van der Waals surface area contributed by atoms with Crippen LogP contribution >= 0.6 is 0 Å². The summed E-state index contributed by atoms with van der Waals surface area (Å²) >= 11 is 0. The predicted molar refractivity (Wildman–Crippen MR) is 63.0 cm³/mol. The highest BCUT2D eigenvalue weighted by molar-refractivity contribution is 5.23. The van der Waals surface area contributed by atoms with Crippen LogP contribution in [0.1, 0.15) is 44.9 Å². The van der Waals surface area contributed by atoms with Crippen LogP contribution in [0.25, 0.3) is 0 Å². The molecule has 0 saturated heterocycles. The lowest BCUT2D eigenvalue weighted by molar-refractivity contribution is 0.614. The van der Waals surface area contributed by atoms with E-state index in [0.717, 1.165) is 18.2 Å². The molecule has 0 aliphatic heterocycles. The van der Waals surface area contributed by atoms with E-state index in [1.807, 2.05) is 18.7 Å². The summed E-state index contributed by atoms with van der Waals surface area (Å²) < 4.78 is 2.03. The fourth-order valence-corrected chi connectivity index (χ4v) is 1.68. The SMILES string of the molecule is CCCCCCCc1nnc(NC)n1C. The molecule has 4 nitrogen and oxygen atoms in total. The van der Waals surface area contributed by atoms with Gasteiger partial charge in [0.25, 0.3) is 0 Å². The Morgan fingerprint density at radius 1 is 1.13 bits per heavy atom. The minimum absolute atomic E-state index is 0.846. The van der Waals surface area contributed by atoms with Crippen molar-refractivity contribution in [1.82, 2.24) is 14.8 Å². The number of anilines is 1. The smallest absolute Gasteiger partial charge is 0.224 e. The number of hydrogen-bond donors (Lipinski definition) is 1. The highest BCUT2D eigenvalue weighted by Gasteiger charge is 2.05. The van der Waals surface area contributed by atoms with Crippen LogP contribution < -0.4 is 5.32 Å². The molecule has 1 rings (SSSR count). The van der Waals surface area contributed by atoms with Gasteiger partial charge in [-0.15, -0.1) is 10.2 Å². The van der Waals surface area contributed by atoms with Gasteiger partial charge >= 0.3 is 0 Å². The molecular weight excluding hydrogens is 188 g/mol. The first kappa shape index (κ1) is 12.0. The quantitative estimate of drug-likeness (QED) is 0.703. The van der Waals surface area contributed by atoms with Gasteiger partial charge in [-0.3, -0.25) is 0 Å². The van der Waals surface area contributed by atoms with Gasteiger partial charge in [0.15, 0.2) is 0 Å². The van der Waals surface area contributed by atoms with E-state index in [1.165, 1.54) is 32.1 Å². The van der Waals surface area contributed by atoms with Crippen molar-refractivity contribution in [3.8, 4) is 0 Å². The summed E-state index contributed by atoms with van der Waals surface area (Å²) in [6, 6.07) is 0. The first-order valence-corrected chi connectivity index (χ1v) is 5.85. The highest BCUT2D eigenvalue weighted by atomic mass is 15.3. The van der Waals surface area contributed by atoms with Crippen molar-refractivity contribution in [3.63, 3.8) is 0 Å². The van der Waals surface area contributed by atoms with E-state index in [4.69, 9.17) is 0 Å². The van der Waals surface area contributed by atoms with E-state index in [1.54, 1.807) is 0 Å². The number of nitrogens with one attached hydrogen (secondary N) is 1. The monoisotopic (exact) mass is 210 g/mol. The second-order valence-electron chi connectivity index (χ2n) is 3.91. The number of aryl methyl sites for hydroxylation is 1. The van der Waals surface area contributed by atoms with Crippen molar-refractivity contribution in [2.24, 2.45) is 7.05 Å². The average molecular weight is 210 g/mol. The van der Waals surface area contributed by atoms with E-state index >= 15 is 0 Å². The van der Waals surface area contributed by atoms with Crippen LogP contribution in [0.2, 0.25) is 0 Å². The molecular formula is C11H22N4. The van der Waals surface area contributed by atoms with Crippen molar-refractivity contribution in [3.05, 3.63) is 5.82 Å². The second-order valence-corrected chi connectivity index (χ2v) is 3.91. The van der Waals surface area contributed by atoms with Gasteiger partial charge in [-0.05, 0) is 6.42 Å². The molecule has 4 heteroatoms. The molecule has 1 aromatic heterocycles. The number of unbranched alkanes of at least 4 members (excludes halogenated alkanes) is 4. The van der Waals surface area contributed by atoms with Crippen LogP contribution in [0.15, 0.2) is 0 Å². The van der Waals surface area contributed by atoms with Gasteiger partial charge in [0, 0.05) is 20.5 Å². The normalized spacial score (nSPS) is 10.6. The van der Waals surface area contributed by atoms with Crippen molar-refractivity contribution in [1.29, 1.82) is 0 Å². The lowest BCUT2D eigenvalue weighted by Gasteiger charge is -2.02. The molecule has 0 aliphatic carbocycles. The van der Waals surface area contributed by atoms with Crippen LogP contribution in [-0.4, -0.2) is 21.8 Å². The summed E-state index contributed by atoms with van der Waals surface area (Å²) in [5.41, 5.74) is 0. The van der Waals surface area contributed by atoms with Crippen LogP contribution in [0.5, 0.6) is 0 Å². The summed E-state index contributed by atoms with van der Waals surface area (Å²) in [4.78, 5) is 0. The van der Waals surface area contributed by atoms with Gasteiger partial charge in [-0.1, -0.05) is 32.6 Å². The van der Waals surface area contributed by atoms with E-state index in [-0.39, 0.29) is 0 Å². The zero-order valence-electron chi connectivity index (χ0n) is 10.1. The highest BCUT2D eigenvalue weighted by Crippen LogP contribution is 2.09. The van der Waals surface area contributed by atoms with Gasteiger partial charge in [0.1, 0.15) is 5.82 Å². The predicted octanol–water partition coefficient (Wildman–Crippen LogP) is 2.37. The molecule has 0 saturated carbocycles. The minimum atomic E-state index is 0.846. The largest absolute Gasteiger partial charge is 0.357 e. The Hall–Kier alpha value is -1.06. The van der Waals surface area contributed by atoms with Crippen LogP contribution in [0, 0.1) is 0 Å². The standard InChI is InChI=1S/C11H22N4/c1-4-5-6-7-8-9-10-13-14-11(12-2)15(10)3/h4-9H2,1-3H3,(H,12,14). The molecule has 1 aromatic rings. The van der Waals surface area contributed by atoms with E-state index in [9.17, 15) is 0 Å². The molecule has 1 N–H and O–H groups in total. The van der Waals surface area contributed by atoms with Crippen molar-refractivity contribution in [2.45, 2.75) is 45.4 Å². The van der Waals surface area contributed by atoms with E-state index in [0.29, 0.717) is 0 Å². The Balaban J connectivity index is 2.28. The Morgan fingerprint density at radius 2 is 1.87 bits per heavy atom. The third kappa shape index (κ3) is 3.53. The molecule has 0 amide bonds. The van der Waals surface area contributed by atoms with Gasteiger partial charge < -0.3 is 9.88 Å². The Labute approximate surface area is 92.1 Å². The van der Waals surface area contributed by atoms with E-state index < -0.39 is 0 Å². The summed E-state index contributed by atoms with van der Waals surface area (Å²) in [6.07, 6.45) is 7.54. The zero-order chi connectivity index (χ0) is 11.1. The van der Waals surface area contributed by atoms with E-state index in [2.05, 4.69) is 22.4 Å². The summed E-state index contributed by atoms with van der Waals surface area (Å²) in [6.45, 7) is 2.24. The molecule has 15 heavy (non-hydrogen) atoms. The minimum Gasteiger partial charge on any atom is -0.357 e. The van der Waals surface area contributed by atoms with Gasteiger partial charge in [-0.2, -0.15) is 0 Å². The van der Waals surface area contributed by atoms with Crippen LogP contribution in [-0.2, 0) is 13.5 Å². The van der Waals surface area contributed by atoms with Crippen molar-refractivity contribution < 1.29 is 0 Å². The van der Waals surface area contributed by atoms with Gasteiger partial charge in [0.2, 0.25) is 5.95 Å². The van der Waals surface area contributed by atoms with Crippen molar-refractivity contribution >= 4 is 5.95 Å². The maximum Gasteiger partial charge on any atom is 0.224 e. The third-order valence-corrected chi connectivity index (χ3v) is 2.69. The first-order valence-electron chi connectivity index (χ1n) is 5.85. The summed E-state index contributed by atoms with van der Waals surface area (Å²) in [5.74, 6) is 1.93.